The van der Waals surface area contributed by atoms with Crippen molar-refractivity contribution in [3.63, 3.8) is 0 Å². The van der Waals surface area contributed by atoms with E-state index in [-0.39, 0.29) is 5.91 Å². The van der Waals surface area contributed by atoms with E-state index < -0.39 is 0 Å². The van der Waals surface area contributed by atoms with Gasteiger partial charge in [-0.3, -0.25) is 4.79 Å². The second kappa shape index (κ2) is 4.92. The Morgan fingerprint density at radius 3 is 2.67 bits per heavy atom. The zero-order chi connectivity index (χ0) is 13.1. The predicted octanol–water partition coefficient (Wildman–Crippen LogP) is 0.204. The summed E-state index contributed by atoms with van der Waals surface area (Å²) in [4.78, 5) is 19.3. The fourth-order valence-electron chi connectivity index (χ4n) is 2.04. The Kier molecular flexibility index (Phi) is 3.33. The number of anilines is 2. The van der Waals surface area contributed by atoms with Gasteiger partial charge in [0.25, 0.3) is 0 Å². The highest BCUT2D eigenvalue weighted by molar-refractivity contribution is 5.73. The van der Waals surface area contributed by atoms with E-state index in [4.69, 9.17) is 11.0 Å². The van der Waals surface area contributed by atoms with E-state index in [1.54, 1.807) is 24.1 Å². The number of carbonyl (C=O) groups excluding carboxylic acids is 1. The molecule has 1 saturated heterocycles. The average Bonchev–Trinajstić information content (AvgIpc) is 2.38. The molecular formula is C12H15N5O. The van der Waals surface area contributed by atoms with Crippen molar-refractivity contribution in [3.8, 4) is 6.07 Å². The van der Waals surface area contributed by atoms with E-state index in [1.165, 1.54) is 0 Å². The zero-order valence-corrected chi connectivity index (χ0v) is 10.3. The van der Waals surface area contributed by atoms with Crippen LogP contribution < -0.4 is 10.6 Å². The van der Waals surface area contributed by atoms with Crippen molar-refractivity contribution in [2.45, 2.75) is 6.92 Å². The number of aromatic nitrogens is 1. The van der Waals surface area contributed by atoms with E-state index >= 15 is 0 Å². The molecule has 0 atom stereocenters. The Morgan fingerprint density at radius 1 is 1.44 bits per heavy atom. The number of amides is 1. The smallest absolute Gasteiger partial charge is 0.219 e. The second-order valence-corrected chi connectivity index (χ2v) is 4.24. The number of nitrogens with two attached hydrogens (primary N) is 1. The summed E-state index contributed by atoms with van der Waals surface area (Å²) in [7, 11) is 0. The molecule has 1 aliphatic heterocycles. The van der Waals surface area contributed by atoms with Crippen molar-refractivity contribution in [2.75, 3.05) is 36.8 Å². The van der Waals surface area contributed by atoms with Gasteiger partial charge in [-0.25, -0.2) is 4.98 Å². The van der Waals surface area contributed by atoms with Gasteiger partial charge in [-0.1, -0.05) is 0 Å². The van der Waals surface area contributed by atoms with Gasteiger partial charge in [-0.15, -0.1) is 0 Å². The molecule has 6 nitrogen and oxygen atoms in total. The van der Waals surface area contributed by atoms with E-state index in [0.717, 1.165) is 0 Å². The maximum atomic E-state index is 11.2. The average molecular weight is 245 g/mol. The molecule has 2 heterocycles. The lowest BCUT2D eigenvalue weighted by Crippen LogP contribution is -2.48. The number of hydrogen-bond acceptors (Lipinski definition) is 5. The summed E-state index contributed by atoms with van der Waals surface area (Å²) in [6, 6.07) is 3.73. The van der Waals surface area contributed by atoms with Crippen LogP contribution in [0.15, 0.2) is 12.3 Å². The van der Waals surface area contributed by atoms with Gasteiger partial charge < -0.3 is 15.5 Å². The number of nitrogen functional groups attached to an aromatic ring is 1. The highest BCUT2D eigenvalue weighted by atomic mass is 16.2. The van der Waals surface area contributed by atoms with Crippen molar-refractivity contribution < 1.29 is 4.79 Å². The van der Waals surface area contributed by atoms with E-state index in [2.05, 4.69) is 11.1 Å². The lowest BCUT2D eigenvalue weighted by atomic mass is 10.2. The van der Waals surface area contributed by atoms with Crippen molar-refractivity contribution in [1.29, 1.82) is 5.26 Å². The van der Waals surface area contributed by atoms with Crippen LogP contribution in [0, 0.1) is 11.3 Å². The molecule has 0 bridgehead atoms. The van der Waals surface area contributed by atoms with Crippen molar-refractivity contribution >= 4 is 17.4 Å². The number of pyridine rings is 1. The Morgan fingerprint density at radius 2 is 2.11 bits per heavy atom. The molecule has 2 N–H and O–H groups in total. The van der Waals surface area contributed by atoms with Crippen LogP contribution in [0.5, 0.6) is 0 Å². The molecule has 0 aromatic carbocycles. The predicted molar refractivity (Wildman–Crippen MR) is 67.8 cm³/mol. The molecule has 1 aromatic heterocycles. The molecule has 1 aromatic rings. The minimum atomic E-state index is 0.0837. The van der Waals surface area contributed by atoms with Gasteiger partial charge >= 0.3 is 0 Å². The monoisotopic (exact) mass is 245 g/mol. The highest BCUT2D eigenvalue weighted by Gasteiger charge is 2.21. The summed E-state index contributed by atoms with van der Waals surface area (Å²) in [5, 5.41) is 9.08. The second-order valence-electron chi connectivity index (χ2n) is 4.24. The van der Waals surface area contributed by atoms with Crippen LogP contribution in [-0.4, -0.2) is 42.0 Å². The quantitative estimate of drug-likeness (QED) is 0.764. The van der Waals surface area contributed by atoms with Crippen LogP contribution in [-0.2, 0) is 4.79 Å². The third-order valence-electron chi connectivity index (χ3n) is 3.03. The summed E-state index contributed by atoms with van der Waals surface area (Å²) in [6.07, 6.45) is 1.55. The molecule has 0 unspecified atom stereocenters. The Balaban J connectivity index is 2.15. The van der Waals surface area contributed by atoms with Crippen LogP contribution in [0.1, 0.15) is 12.5 Å². The van der Waals surface area contributed by atoms with Crippen LogP contribution >= 0.6 is 0 Å². The first kappa shape index (κ1) is 12.2. The molecule has 1 aliphatic rings. The standard InChI is InChI=1S/C12H15N5O/c1-9(18)16-2-4-17(5-3-16)12-10(7-13)6-11(14)8-15-12/h6,8H,2-5,14H2,1H3. The van der Waals surface area contributed by atoms with Gasteiger partial charge in [-0.05, 0) is 6.07 Å². The van der Waals surface area contributed by atoms with Crippen molar-refractivity contribution in [2.24, 2.45) is 0 Å². The maximum Gasteiger partial charge on any atom is 0.219 e. The van der Waals surface area contributed by atoms with Crippen molar-refractivity contribution in [1.82, 2.24) is 9.88 Å². The van der Waals surface area contributed by atoms with Gasteiger partial charge in [0.2, 0.25) is 5.91 Å². The zero-order valence-electron chi connectivity index (χ0n) is 10.3. The molecule has 1 fully saturated rings. The number of piperazine rings is 1. The Bertz CT molecular complexity index is 500. The SMILES string of the molecule is CC(=O)N1CCN(c2ncc(N)cc2C#N)CC1. The molecule has 2 rings (SSSR count). The van der Waals surface area contributed by atoms with Gasteiger partial charge in [0.15, 0.2) is 0 Å². The van der Waals surface area contributed by atoms with Crippen LogP contribution in [0.25, 0.3) is 0 Å². The normalized spacial score (nSPS) is 15.3. The fraction of sp³-hybridized carbons (Fsp3) is 0.417. The summed E-state index contributed by atoms with van der Waals surface area (Å²) >= 11 is 0. The summed E-state index contributed by atoms with van der Waals surface area (Å²) in [5.74, 6) is 0.732. The molecule has 0 aliphatic carbocycles. The van der Waals surface area contributed by atoms with Crippen molar-refractivity contribution in [3.05, 3.63) is 17.8 Å². The van der Waals surface area contributed by atoms with Crippen LogP contribution in [0.2, 0.25) is 0 Å². The lowest BCUT2D eigenvalue weighted by Gasteiger charge is -2.35. The van der Waals surface area contributed by atoms with E-state index in [1.807, 2.05) is 4.90 Å². The first-order valence-electron chi connectivity index (χ1n) is 5.78. The minimum absolute atomic E-state index is 0.0837. The van der Waals surface area contributed by atoms with Gasteiger partial charge in [0.1, 0.15) is 11.9 Å². The first-order chi connectivity index (χ1) is 8.61. The fourth-order valence-corrected chi connectivity index (χ4v) is 2.04. The number of carbonyl (C=O) groups is 1. The molecule has 0 radical (unpaired) electrons. The van der Waals surface area contributed by atoms with Gasteiger partial charge in [-0.2, -0.15) is 5.26 Å². The molecule has 6 heteroatoms. The van der Waals surface area contributed by atoms with Gasteiger partial charge in [0, 0.05) is 33.1 Å². The van der Waals surface area contributed by atoms with Crippen LogP contribution in [0.4, 0.5) is 11.5 Å². The summed E-state index contributed by atoms with van der Waals surface area (Å²) < 4.78 is 0. The van der Waals surface area contributed by atoms with Crippen LogP contribution in [0.3, 0.4) is 0 Å². The number of nitriles is 1. The minimum Gasteiger partial charge on any atom is -0.397 e. The molecule has 18 heavy (non-hydrogen) atoms. The molecular weight excluding hydrogens is 230 g/mol. The molecule has 0 saturated carbocycles. The van der Waals surface area contributed by atoms with E-state index in [0.29, 0.717) is 43.2 Å². The third kappa shape index (κ3) is 2.35. The number of hydrogen-bond donors (Lipinski definition) is 1. The Labute approximate surface area is 106 Å². The topological polar surface area (TPSA) is 86.2 Å². The lowest BCUT2D eigenvalue weighted by molar-refractivity contribution is -0.129. The summed E-state index contributed by atoms with van der Waals surface area (Å²) in [5.41, 5.74) is 6.57. The maximum absolute atomic E-state index is 11.2. The largest absolute Gasteiger partial charge is 0.397 e. The third-order valence-corrected chi connectivity index (χ3v) is 3.03. The first-order valence-corrected chi connectivity index (χ1v) is 5.78. The molecule has 94 valence electrons. The highest BCUT2D eigenvalue weighted by Crippen LogP contribution is 2.20. The number of nitrogens with zero attached hydrogens (tertiary/aromatic N) is 4. The van der Waals surface area contributed by atoms with E-state index in [9.17, 15) is 4.79 Å². The number of rotatable bonds is 1. The molecule has 1 amide bonds. The Hall–Kier alpha value is -2.29. The summed E-state index contributed by atoms with van der Waals surface area (Å²) in [6.45, 7) is 4.26. The molecule has 0 spiro atoms. The van der Waals surface area contributed by atoms with Gasteiger partial charge in [0.05, 0.1) is 17.4 Å².